The standard InChI is InChI=1S/3C13H17N.C12H15N.C10H14.C9H13N.C9H18.C8H17NO.C8H16.C7H12N2.C6H12.C5H9F3.C4H9F.C4H9.C2H3O.C2H6.Y/c2*1-10(2)9-14-7-6-12-8-11(3)4-5-13(12)14;1-10(2)8-11-9-14(3)13-7-5-4-6-12(11)13;1-9(2)7-10-8-13-12-6-4-3-5-11(10)12;1-9(2)8-10-6-4-3-5-7-10;1-8(2)7-9-3-5-10-6-4-9;1-8(2)9-6-4-3-5-7-9;1-8(2)7-9-3-5-10-6-4-9;1-7(2)8-5-3-4-6-8;1-7(2)6-9-5-3-4-8-9;1-5(2)6-3-4-6;1-4(2)3-5(6,7)8;1-4(2)3-5;1-4(2)3;1-2-3;1-2;/h2*4-8,10H,9H2,1-3H3;4-7,9-10H,8H2,1-3H3;3-6,8-9,13H,7H2,1-2H3;3-7,9H,8H2,1-2H3;3-6,8H,7H2,1-2H3;8-9H,3-7H2,1-2H3;8H,3-7H2,1-2H3;7-8H,3-6H2,1-2H3;3-5,7H,6H2,1-2H3;5-6H,3-4H2,1-2H3;4H,3H2,1-2H3;4H,3H2,1-2H3;4H,1H2,2-3H3;1H3;1-2H3;/q;;;;;;;;;;;;;2*-1;;. The first kappa shape index (κ1) is 135. The zero-order valence-corrected chi connectivity index (χ0v) is 98.0. The molecule has 4 aliphatic rings. The fourth-order valence-corrected chi connectivity index (χ4v) is 16.3. The summed E-state index contributed by atoms with van der Waals surface area (Å²) < 4.78 is 59.1. The summed E-state index contributed by atoms with van der Waals surface area (Å²) in [6.07, 6.45) is 34.2. The molecule has 6 aromatic heterocycles. The van der Waals surface area contributed by atoms with Crippen LogP contribution in [0.5, 0.6) is 0 Å². The number of fused-ring (bicyclic) bond motifs is 4. The number of H-pyrrole nitrogens is 1. The summed E-state index contributed by atoms with van der Waals surface area (Å²) in [7, 11) is 2.12. The Bertz CT molecular complexity index is 4540. The second kappa shape index (κ2) is 79.3. The van der Waals surface area contributed by atoms with E-state index >= 15 is 0 Å². The van der Waals surface area contributed by atoms with Crippen LogP contribution in [-0.2, 0) is 94.6 Å². The first-order valence-electron chi connectivity index (χ1n) is 53.8. The Morgan fingerprint density at radius 3 is 1.20 bits per heavy atom. The minimum Gasteiger partial charge on any atom is -0.542 e. The van der Waals surface area contributed by atoms with Gasteiger partial charge in [0.25, 0.3) is 0 Å². The molecule has 1 N–H and O–H groups in total. The fourth-order valence-electron chi connectivity index (χ4n) is 16.3. The number of nitrogens with one attached hydrogen (secondary N) is 1. The normalized spacial score (nSPS) is 13.4. The summed E-state index contributed by atoms with van der Waals surface area (Å²) in [5, 5.41) is 9.56. The molecule has 7 heterocycles. The van der Waals surface area contributed by atoms with Crippen LogP contribution in [0.25, 0.3) is 43.6 Å². The van der Waals surface area contributed by atoms with E-state index in [1.165, 1.54) is 180 Å². The van der Waals surface area contributed by atoms with Gasteiger partial charge >= 0.3 is 6.18 Å². The molecule has 0 atom stereocenters. The number of hydrogen-bond donors (Lipinski definition) is 1. The maximum Gasteiger partial charge on any atom is 0.389 e. The largest absolute Gasteiger partial charge is 0.542 e. The molecule has 140 heavy (non-hydrogen) atoms. The Labute approximate surface area is 881 Å². The van der Waals surface area contributed by atoms with Crippen LogP contribution in [0.2, 0.25) is 0 Å². The number of aryl methyl sites for hydroxylation is 3. The first-order chi connectivity index (χ1) is 65.7. The van der Waals surface area contributed by atoms with Gasteiger partial charge in [-0.25, -0.2) is 0 Å². The van der Waals surface area contributed by atoms with Gasteiger partial charge in [0.2, 0.25) is 0 Å². The number of nitrogens with zero attached hydrogens (tertiary/aromatic N) is 7. The van der Waals surface area contributed by atoms with Crippen LogP contribution >= 0.6 is 0 Å². The molecule has 15 rings (SSSR count). The number of halogens is 4. The van der Waals surface area contributed by atoms with Crippen LogP contribution in [0.1, 0.15) is 325 Å². The van der Waals surface area contributed by atoms with E-state index in [2.05, 4.69) is 392 Å². The van der Waals surface area contributed by atoms with Crippen molar-refractivity contribution >= 4 is 49.9 Å². The zero-order chi connectivity index (χ0) is 105. The molecule has 10 nitrogen and oxygen atoms in total. The van der Waals surface area contributed by atoms with E-state index in [0.29, 0.717) is 23.7 Å². The third-order valence-corrected chi connectivity index (χ3v) is 23.1. The summed E-state index contributed by atoms with van der Waals surface area (Å²) in [6.45, 7) is 82.3. The van der Waals surface area contributed by atoms with Crippen molar-refractivity contribution in [1.29, 1.82) is 0 Å². The van der Waals surface area contributed by atoms with Crippen LogP contribution in [0.3, 0.4) is 0 Å². The number of pyridine rings is 1. The van der Waals surface area contributed by atoms with Crippen molar-refractivity contribution in [3.8, 4) is 0 Å². The van der Waals surface area contributed by atoms with Gasteiger partial charge in [0.1, 0.15) is 0 Å². The molecule has 1 saturated heterocycles. The van der Waals surface area contributed by atoms with Gasteiger partial charge in [0.15, 0.2) is 0 Å². The van der Waals surface area contributed by atoms with Gasteiger partial charge in [-0.2, -0.15) is 31.1 Å². The second-order valence-corrected chi connectivity index (χ2v) is 44.0. The summed E-state index contributed by atoms with van der Waals surface area (Å²) in [5.74, 6) is 12.4. The number of benzene rings is 5. The topological polar surface area (TPSA) is 90.8 Å². The van der Waals surface area contributed by atoms with Crippen molar-refractivity contribution in [3.05, 3.63) is 235 Å². The molecule has 0 spiro atoms. The number of rotatable bonds is 21. The molecular weight excluding hydrogens is 1810 g/mol. The molecule has 0 bridgehead atoms. The number of hydrogen-bond acceptors (Lipinski definition) is 5. The van der Waals surface area contributed by atoms with Gasteiger partial charge in [0.05, 0.1) is 19.9 Å². The number of ether oxygens (including phenoxy) is 1. The Kier molecular flexibility index (Phi) is 76.5. The van der Waals surface area contributed by atoms with Crippen LogP contribution < -0.4 is 0 Å². The van der Waals surface area contributed by atoms with E-state index in [-0.39, 0.29) is 51.2 Å². The Morgan fingerprint density at radius 1 is 0.443 bits per heavy atom. The third kappa shape index (κ3) is 68.4. The molecule has 1 aliphatic heterocycles. The second-order valence-electron chi connectivity index (χ2n) is 44.0. The third-order valence-electron chi connectivity index (χ3n) is 23.1. The smallest absolute Gasteiger partial charge is 0.389 e. The van der Waals surface area contributed by atoms with E-state index in [0.717, 1.165) is 124 Å². The van der Waals surface area contributed by atoms with Crippen molar-refractivity contribution in [2.45, 2.75) is 357 Å². The van der Waals surface area contributed by atoms with Gasteiger partial charge < -0.3 is 35.1 Å². The van der Waals surface area contributed by atoms with Crippen LogP contribution in [0.4, 0.5) is 17.6 Å². The first-order valence-corrected chi connectivity index (χ1v) is 53.8. The quantitative estimate of drug-likeness (QED) is 0.0572. The number of para-hydroxylation sites is 2. The Hall–Kier alpha value is -6.97. The minimum atomic E-state index is -3.98. The predicted octanol–water partition coefficient (Wildman–Crippen LogP) is 36.6. The van der Waals surface area contributed by atoms with Crippen molar-refractivity contribution in [1.82, 2.24) is 38.3 Å². The fraction of sp³-hybridized carbons (Fsp3) is 0.616. The molecular formula is C125H204F4N8O2Y-2. The predicted molar refractivity (Wildman–Crippen MR) is 603 cm³/mol. The van der Waals surface area contributed by atoms with Crippen molar-refractivity contribution in [2.75, 3.05) is 39.5 Å². The van der Waals surface area contributed by atoms with Gasteiger partial charge in [-0.3, -0.25) is 25.2 Å². The molecule has 4 fully saturated rings. The number of carbonyl (C=O) groups excluding carboxylic acids is 1. The molecule has 3 saturated carbocycles. The van der Waals surface area contributed by atoms with Gasteiger partial charge in [-0.15, -0.1) is 0 Å². The summed E-state index contributed by atoms with van der Waals surface area (Å²) in [6, 6.07) is 51.5. The molecule has 0 unspecified atom stereocenters. The molecule has 0 amide bonds. The number of morpholine rings is 1. The zero-order valence-electron chi connectivity index (χ0n) is 95.2. The van der Waals surface area contributed by atoms with E-state index in [1.807, 2.05) is 63.2 Å². The maximum absolute atomic E-state index is 11.3. The van der Waals surface area contributed by atoms with Crippen molar-refractivity contribution < 1.29 is 59.8 Å². The van der Waals surface area contributed by atoms with Gasteiger partial charge in [-0.05, 0) is 247 Å². The average Bonchev–Trinajstić information content (AvgIpc) is 1.68. The number of alkyl halides is 4. The molecule has 15 heteroatoms. The maximum atomic E-state index is 11.3. The van der Waals surface area contributed by atoms with Crippen LogP contribution in [-0.4, -0.2) is 90.3 Å². The summed E-state index contributed by atoms with van der Waals surface area (Å²) in [5.41, 5.74) is 13.7. The Morgan fingerprint density at radius 2 is 0.836 bits per heavy atom. The summed E-state index contributed by atoms with van der Waals surface area (Å²) in [4.78, 5) is 18.4. The van der Waals surface area contributed by atoms with Crippen molar-refractivity contribution in [2.24, 2.45) is 108 Å². The van der Waals surface area contributed by atoms with E-state index in [9.17, 15) is 17.6 Å². The van der Waals surface area contributed by atoms with E-state index < -0.39 is 12.6 Å². The number of aromatic amines is 1. The monoisotopic (exact) mass is 2010 g/mol. The Balaban J connectivity index is 0. The molecule has 1 radical (unpaired) electrons. The summed E-state index contributed by atoms with van der Waals surface area (Å²) >= 11 is 0. The molecule has 3 aliphatic carbocycles. The molecule has 5 aromatic carbocycles. The van der Waals surface area contributed by atoms with Gasteiger partial charge in [-0.1, -0.05) is 355 Å². The molecule has 11 aromatic rings. The van der Waals surface area contributed by atoms with E-state index in [1.54, 1.807) is 13.8 Å². The number of aromatic nitrogens is 7. The van der Waals surface area contributed by atoms with E-state index in [4.69, 9.17) is 9.53 Å². The van der Waals surface area contributed by atoms with Crippen molar-refractivity contribution in [3.63, 3.8) is 0 Å². The minimum absolute atomic E-state index is 0. The van der Waals surface area contributed by atoms with Gasteiger partial charge in [0, 0.05) is 168 Å². The average molecular weight is 2020 g/mol. The SMILES string of the molecule is CC.CC(C)C1CC1.CC(C)C1CCCC1.CC(C)C1CCCCC1.CC(C)CC(F)(F)F.CC(C)CF.CC(C)CN1CCOCC1.CC(C)Cc1c[nH]c2ccccc12.CC(C)Cc1ccccc1.CC(C)Cc1ccncc1.CC(C)Cc1cn(C)c2ccccc12.CC(C)Cn1cccn1.C[C-]=O.Cc1ccc2c(ccn2CC(C)C)c1.Cc1ccc2c(ccn2CC(C)C)c1.[CH2-]C(C)C.[Y]. The molecule has 789 valence electrons. The van der Waals surface area contributed by atoms with Crippen LogP contribution in [0, 0.1) is 121 Å². The van der Waals surface area contributed by atoms with Crippen LogP contribution in [0.15, 0.2) is 195 Å².